The minimum Gasteiger partial charge on any atom is -0.497 e. The molecule has 1 fully saturated rings. The van der Waals surface area contributed by atoms with Crippen LogP contribution < -0.4 is 14.5 Å². The van der Waals surface area contributed by atoms with Crippen molar-refractivity contribution < 1.29 is 19.2 Å². The molecule has 2 unspecified atom stereocenters. The van der Waals surface area contributed by atoms with Crippen LogP contribution in [0.2, 0.25) is 0 Å². The summed E-state index contributed by atoms with van der Waals surface area (Å²) in [6.45, 7) is 7.81. The molecule has 2 aromatic rings. The highest BCUT2D eigenvalue weighted by Crippen LogP contribution is 2.37. The Morgan fingerprint density at radius 3 is 2.78 bits per heavy atom. The van der Waals surface area contributed by atoms with Gasteiger partial charge in [0.2, 0.25) is 0 Å². The number of anilines is 1. The maximum atomic E-state index is 13.3. The van der Waals surface area contributed by atoms with Crippen molar-refractivity contribution in [3.05, 3.63) is 45.8 Å². The maximum Gasteiger partial charge on any atom is 0.263 e. The highest BCUT2D eigenvalue weighted by Gasteiger charge is 2.35. The summed E-state index contributed by atoms with van der Waals surface area (Å²) in [4.78, 5) is 18.0. The predicted octanol–water partition coefficient (Wildman–Crippen LogP) is 2.56. The summed E-state index contributed by atoms with van der Waals surface area (Å²) in [5, 5.41) is 1.11. The smallest absolute Gasteiger partial charge is 0.263 e. The molecular formula is C21H27N2O3S+. The molecule has 0 bridgehead atoms. The first-order chi connectivity index (χ1) is 13.1. The van der Waals surface area contributed by atoms with Crippen molar-refractivity contribution in [2.45, 2.75) is 39.3 Å². The summed E-state index contributed by atoms with van der Waals surface area (Å²) in [6, 6.07) is 7.39. The zero-order valence-corrected chi connectivity index (χ0v) is 17.0. The molecule has 1 N–H and O–H groups in total. The second-order valence-corrected chi connectivity index (χ2v) is 8.66. The number of nitrogens with one attached hydrogen (secondary N) is 1. The lowest BCUT2D eigenvalue weighted by Crippen LogP contribution is -3.14. The van der Waals surface area contributed by atoms with E-state index in [4.69, 9.17) is 9.47 Å². The van der Waals surface area contributed by atoms with E-state index in [0.717, 1.165) is 43.3 Å². The number of carbonyl (C=O) groups excluding carboxylic acids is 1. The second-order valence-electron chi connectivity index (χ2n) is 7.45. The van der Waals surface area contributed by atoms with Crippen molar-refractivity contribution in [3.63, 3.8) is 0 Å². The van der Waals surface area contributed by atoms with E-state index in [0.29, 0.717) is 18.3 Å². The summed E-state index contributed by atoms with van der Waals surface area (Å²) in [5.74, 6) is 0.823. The number of carbonyl (C=O) groups is 1. The number of nitrogens with zero attached hydrogens (tertiary/aromatic N) is 1. The predicted molar refractivity (Wildman–Crippen MR) is 107 cm³/mol. The highest BCUT2D eigenvalue weighted by molar-refractivity contribution is 7.16. The maximum absolute atomic E-state index is 13.3. The molecule has 2 aliphatic heterocycles. The summed E-state index contributed by atoms with van der Waals surface area (Å²) in [7, 11) is 1.64. The van der Waals surface area contributed by atoms with Gasteiger partial charge in [-0.15, -0.1) is 11.3 Å². The van der Waals surface area contributed by atoms with Gasteiger partial charge in [0.25, 0.3) is 5.91 Å². The van der Waals surface area contributed by atoms with Gasteiger partial charge in [-0.05, 0) is 56.5 Å². The van der Waals surface area contributed by atoms with Crippen LogP contribution in [-0.2, 0) is 11.3 Å². The molecule has 1 aromatic heterocycles. The van der Waals surface area contributed by atoms with Gasteiger partial charge in [-0.2, -0.15) is 0 Å². The molecule has 0 radical (unpaired) electrons. The number of fused-ring (bicyclic) bond motifs is 1. The molecule has 0 aliphatic carbocycles. The van der Waals surface area contributed by atoms with E-state index in [1.54, 1.807) is 18.4 Å². The molecule has 2 aliphatic rings. The Morgan fingerprint density at radius 1 is 1.33 bits per heavy atom. The van der Waals surface area contributed by atoms with Crippen LogP contribution in [-0.4, -0.2) is 38.9 Å². The van der Waals surface area contributed by atoms with E-state index in [2.05, 4.69) is 13.8 Å². The monoisotopic (exact) mass is 387 g/mol. The third-order valence-corrected chi connectivity index (χ3v) is 6.94. The molecule has 27 heavy (non-hydrogen) atoms. The first-order valence-corrected chi connectivity index (χ1v) is 10.4. The number of quaternary nitrogens is 1. The number of hydrogen-bond donors (Lipinski definition) is 1. The van der Waals surface area contributed by atoms with Gasteiger partial charge in [0, 0.05) is 22.6 Å². The third-order valence-electron chi connectivity index (χ3n) is 5.66. The molecule has 0 spiro atoms. The molecule has 5 nitrogen and oxygen atoms in total. The number of benzene rings is 1. The van der Waals surface area contributed by atoms with Crippen LogP contribution in [0, 0.1) is 13.8 Å². The summed E-state index contributed by atoms with van der Waals surface area (Å²) >= 11 is 1.74. The van der Waals surface area contributed by atoms with Crippen LogP contribution in [0.25, 0.3) is 0 Å². The van der Waals surface area contributed by atoms with Crippen molar-refractivity contribution >= 4 is 22.2 Å². The van der Waals surface area contributed by atoms with Crippen LogP contribution in [0.5, 0.6) is 5.75 Å². The Morgan fingerprint density at radius 2 is 2.11 bits per heavy atom. The molecular weight excluding hydrogens is 360 g/mol. The Balaban J connectivity index is 1.62. The van der Waals surface area contributed by atoms with E-state index < -0.39 is 0 Å². The van der Waals surface area contributed by atoms with Crippen LogP contribution in [0.4, 0.5) is 5.00 Å². The van der Waals surface area contributed by atoms with Crippen molar-refractivity contribution in [1.82, 2.24) is 0 Å². The van der Waals surface area contributed by atoms with Gasteiger partial charge in [0.05, 0.1) is 7.11 Å². The Hall–Kier alpha value is -1.89. The van der Waals surface area contributed by atoms with E-state index >= 15 is 0 Å². The summed E-state index contributed by atoms with van der Waals surface area (Å²) in [6.07, 6.45) is 2.60. The minimum atomic E-state index is 0.0599. The average Bonchev–Trinajstić information content (AvgIpc) is 3.30. The molecule has 0 saturated carbocycles. The fourth-order valence-corrected chi connectivity index (χ4v) is 5.17. The Labute approximate surface area is 164 Å². The number of hydrogen-bond acceptors (Lipinski definition) is 4. The molecule has 2 atom stereocenters. The van der Waals surface area contributed by atoms with E-state index in [-0.39, 0.29) is 5.91 Å². The van der Waals surface area contributed by atoms with Crippen molar-refractivity contribution in [3.8, 4) is 5.75 Å². The standard InChI is InChI=1S/C21H26N2O3S/c1-14-15(2)27-21-19(14)12-22(11-18-5-4-10-26-18)13-23(21)20(24)16-6-8-17(25-3)9-7-16/h6-9,18H,4-5,10-13H2,1-3H3/p+1. The van der Waals surface area contributed by atoms with Crippen LogP contribution in [0.15, 0.2) is 24.3 Å². The van der Waals surface area contributed by atoms with Gasteiger partial charge in [-0.1, -0.05) is 0 Å². The normalized spacial score (nSPS) is 22.0. The van der Waals surface area contributed by atoms with E-state index in [9.17, 15) is 4.79 Å². The topological polar surface area (TPSA) is 43.2 Å². The molecule has 1 saturated heterocycles. The molecule has 144 valence electrons. The van der Waals surface area contributed by atoms with Gasteiger partial charge in [0.1, 0.15) is 29.9 Å². The van der Waals surface area contributed by atoms with Gasteiger partial charge in [-0.3, -0.25) is 9.69 Å². The second kappa shape index (κ2) is 7.62. The molecule has 1 amide bonds. The quantitative estimate of drug-likeness (QED) is 0.877. The zero-order valence-electron chi connectivity index (χ0n) is 16.2. The number of ether oxygens (including phenoxy) is 2. The highest BCUT2D eigenvalue weighted by atomic mass is 32.1. The van der Waals surface area contributed by atoms with E-state index in [1.807, 2.05) is 29.2 Å². The molecule has 3 heterocycles. The minimum absolute atomic E-state index is 0.0599. The van der Waals surface area contributed by atoms with Crippen LogP contribution >= 0.6 is 11.3 Å². The summed E-state index contributed by atoms with van der Waals surface area (Å²) < 4.78 is 11.1. The number of aryl methyl sites for hydroxylation is 1. The van der Waals surface area contributed by atoms with Crippen molar-refractivity contribution in [2.24, 2.45) is 0 Å². The Bertz CT molecular complexity index is 825. The van der Waals surface area contributed by atoms with E-state index in [1.165, 1.54) is 20.9 Å². The SMILES string of the molecule is COc1ccc(C(=O)N2C[NH+](CC3CCCO3)Cc3c2sc(C)c3C)cc1. The van der Waals surface area contributed by atoms with Gasteiger partial charge < -0.3 is 14.4 Å². The van der Waals surface area contributed by atoms with Crippen LogP contribution in [0.1, 0.15) is 39.2 Å². The number of amides is 1. The Kier molecular flexibility index (Phi) is 5.21. The first-order valence-electron chi connectivity index (χ1n) is 9.56. The fourth-order valence-electron chi connectivity index (χ4n) is 4.00. The van der Waals surface area contributed by atoms with Gasteiger partial charge in [0.15, 0.2) is 6.67 Å². The number of rotatable bonds is 4. The number of thiophene rings is 1. The number of methoxy groups -OCH3 is 1. The lowest BCUT2D eigenvalue weighted by Gasteiger charge is -2.34. The third kappa shape index (κ3) is 3.61. The largest absolute Gasteiger partial charge is 0.497 e. The van der Waals surface area contributed by atoms with Gasteiger partial charge in [-0.25, -0.2) is 0 Å². The average molecular weight is 388 g/mol. The lowest BCUT2D eigenvalue weighted by molar-refractivity contribution is -0.917. The molecule has 4 rings (SSSR count). The van der Waals surface area contributed by atoms with Gasteiger partial charge >= 0.3 is 0 Å². The zero-order chi connectivity index (χ0) is 19.0. The van der Waals surface area contributed by atoms with Crippen molar-refractivity contribution in [2.75, 3.05) is 31.8 Å². The lowest BCUT2D eigenvalue weighted by atomic mass is 10.1. The van der Waals surface area contributed by atoms with Crippen molar-refractivity contribution in [1.29, 1.82) is 0 Å². The molecule has 6 heteroatoms. The first kappa shape index (κ1) is 18.5. The summed E-state index contributed by atoms with van der Waals surface area (Å²) in [5.41, 5.74) is 3.34. The fraction of sp³-hybridized carbons (Fsp3) is 0.476. The van der Waals surface area contributed by atoms with Crippen LogP contribution in [0.3, 0.4) is 0 Å². The molecule has 1 aromatic carbocycles.